The van der Waals surface area contributed by atoms with Gasteiger partial charge in [-0.15, -0.1) is 0 Å². The van der Waals surface area contributed by atoms with Crippen LogP contribution in [0.15, 0.2) is 0 Å². The average molecular weight is 355 g/mol. The van der Waals surface area contributed by atoms with Crippen molar-refractivity contribution in [3.63, 3.8) is 0 Å². The summed E-state index contributed by atoms with van der Waals surface area (Å²) in [5.41, 5.74) is 5.54. The van der Waals surface area contributed by atoms with Crippen LogP contribution in [0.3, 0.4) is 0 Å². The molecular weight excluding hydrogens is 320 g/mol. The molecule has 3 N–H and O–H groups in total. The molecule has 0 saturated carbocycles. The second-order valence-electron chi connectivity index (χ2n) is 6.96. The molecule has 0 aromatic heterocycles. The third-order valence-corrected chi connectivity index (χ3v) is 5.06. The number of rotatable bonds is 11. The van der Waals surface area contributed by atoms with Crippen LogP contribution in [0.2, 0.25) is 0 Å². The second kappa shape index (κ2) is 9.90. The second-order valence-corrected chi connectivity index (χ2v) is 8.94. The van der Waals surface area contributed by atoms with Crippen LogP contribution in [0.4, 0.5) is 0 Å². The number of likely N-dealkylation sites (N-methyl/N-ethyl adjacent to an activating group) is 1. The Hall–Kier alpha value is -0.250. The van der Waals surface area contributed by atoms with E-state index in [1.807, 2.05) is 6.92 Å². The SMILES string of the molecule is CCN(C[C@@H](COC[C@@H](N)CO)O[C@@H](C)C(C)(C)C)S(C)(=O)=O. The minimum absolute atomic E-state index is 0.0676. The van der Waals surface area contributed by atoms with E-state index in [0.29, 0.717) is 6.54 Å². The van der Waals surface area contributed by atoms with Crippen LogP contribution in [-0.4, -0.2) is 75.2 Å². The van der Waals surface area contributed by atoms with Gasteiger partial charge in [0.1, 0.15) is 0 Å². The maximum absolute atomic E-state index is 11.8. The molecule has 0 bridgehead atoms. The molecule has 0 heterocycles. The zero-order valence-corrected chi connectivity index (χ0v) is 16.1. The molecule has 0 aliphatic carbocycles. The average Bonchev–Trinajstić information content (AvgIpc) is 2.41. The van der Waals surface area contributed by atoms with Crippen molar-refractivity contribution < 1.29 is 23.0 Å². The lowest BCUT2D eigenvalue weighted by Crippen LogP contribution is -2.43. The van der Waals surface area contributed by atoms with Gasteiger partial charge in [0, 0.05) is 13.1 Å². The van der Waals surface area contributed by atoms with Crippen LogP contribution in [0, 0.1) is 5.41 Å². The lowest BCUT2D eigenvalue weighted by Gasteiger charge is -2.33. The third-order valence-electron chi connectivity index (χ3n) is 3.72. The lowest BCUT2D eigenvalue weighted by atomic mass is 9.90. The third kappa shape index (κ3) is 9.59. The summed E-state index contributed by atoms with van der Waals surface area (Å²) in [7, 11) is -3.29. The van der Waals surface area contributed by atoms with E-state index >= 15 is 0 Å². The first-order chi connectivity index (χ1) is 10.4. The van der Waals surface area contributed by atoms with E-state index in [4.69, 9.17) is 20.3 Å². The van der Waals surface area contributed by atoms with E-state index in [9.17, 15) is 8.42 Å². The van der Waals surface area contributed by atoms with E-state index in [0.717, 1.165) is 0 Å². The van der Waals surface area contributed by atoms with Gasteiger partial charge in [0.2, 0.25) is 10.0 Å². The van der Waals surface area contributed by atoms with Gasteiger partial charge in [-0.2, -0.15) is 4.31 Å². The summed E-state index contributed by atoms with van der Waals surface area (Å²) >= 11 is 0. The Balaban J connectivity index is 4.85. The van der Waals surface area contributed by atoms with Crippen molar-refractivity contribution in [2.75, 3.05) is 39.2 Å². The van der Waals surface area contributed by atoms with Crippen molar-refractivity contribution in [2.24, 2.45) is 11.1 Å². The Morgan fingerprint density at radius 3 is 2.22 bits per heavy atom. The molecule has 0 spiro atoms. The van der Waals surface area contributed by atoms with Crippen molar-refractivity contribution in [2.45, 2.75) is 52.9 Å². The van der Waals surface area contributed by atoms with E-state index in [1.165, 1.54) is 10.6 Å². The van der Waals surface area contributed by atoms with Crippen molar-refractivity contribution in [3.05, 3.63) is 0 Å². The van der Waals surface area contributed by atoms with Crippen LogP contribution < -0.4 is 5.73 Å². The molecule has 0 amide bonds. The summed E-state index contributed by atoms with van der Waals surface area (Å²) < 4.78 is 36.4. The van der Waals surface area contributed by atoms with Gasteiger partial charge in [-0.3, -0.25) is 0 Å². The standard InChI is InChI=1S/C15H34N2O5S/c1-7-17(23(6,19)20)8-14(11-21-10-13(16)9-18)22-12(2)15(3,4)5/h12-14,18H,7-11,16H2,1-6H3/t12-,13-,14-/m0/s1. The summed E-state index contributed by atoms with van der Waals surface area (Å²) in [5.74, 6) is 0. The summed E-state index contributed by atoms with van der Waals surface area (Å²) in [6.07, 6.45) is 0.717. The molecule has 23 heavy (non-hydrogen) atoms. The van der Waals surface area contributed by atoms with Crippen LogP contribution >= 0.6 is 0 Å². The smallest absolute Gasteiger partial charge is 0.211 e. The highest BCUT2D eigenvalue weighted by atomic mass is 32.2. The van der Waals surface area contributed by atoms with E-state index < -0.39 is 22.2 Å². The summed E-state index contributed by atoms with van der Waals surface area (Å²) in [6.45, 7) is 10.8. The number of ether oxygens (including phenoxy) is 2. The number of nitrogens with zero attached hydrogens (tertiary/aromatic N) is 1. The summed E-state index contributed by atoms with van der Waals surface area (Å²) in [6, 6.07) is -0.451. The number of sulfonamides is 1. The van der Waals surface area contributed by atoms with Gasteiger partial charge in [0.25, 0.3) is 0 Å². The van der Waals surface area contributed by atoms with Crippen molar-refractivity contribution >= 4 is 10.0 Å². The molecule has 0 aliphatic rings. The van der Waals surface area contributed by atoms with Gasteiger partial charge in [-0.05, 0) is 12.3 Å². The number of aliphatic hydroxyl groups is 1. The summed E-state index contributed by atoms with van der Waals surface area (Å²) in [4.78, 5) is 0. The highest BCUT2D eigenvalue weighted by molar-refractivity contribution is 7.88. The van der Waals surface area contributed by atoms with Gasteiger partial charge >= 0.3 is 0 Å². The first-order valence-corrected chi connectivity index (χ1v) is 9.81. The molecule has 7 nitrogen and oxygen atoms in total. The van der Waals surface area contributed by atoms with Gasteiger partial charge in [-0.1, -0.05) is 27.7 Å². The zero-order valence-electron chi connectivity index (χ0n) is 15.3. The minimum Gasteiger partial charge on any atom is -0.395 e. The molecule has 0 radical (unpaired) electrons. The monoisotopic (exact) mass is 354 g/mol. The van der Waals surface area contributed by atoms with Gasteiger partial charge in [0.15, 0.2) is 0 Å². The van der Waals surface area contributed by atoms with E-state index in [2.05, 4.69) is 20.8 Å². The maximum Gasteiger partial charge on any atom is 0.211 e. The molecule has 0 unspecified atom stereocenters. The highest BCUT2D eigenvalue weighted by Gasteiger charge is 2.27. The Kier molecular flexibility index (Phi) is 9.80. The van der Waals surface area contributed by atoms with Crippen LogP contribution in [0.25, 0.3) is 0 Å². The largest absolute Gasteiger partial charge is 0.395 e. The Morgan fingerprint density at radius 1 is 1.26 bits per heavy atom. The van der Waals surface area contributed by atoms with Crippen LogP contribution in [0.1, 0.15) is 34.6 Å². The molecule has 3 atom stereocenters. The first kappa shape index (κ1) is 22.8. The zero-order chi connectivity index (χ0) is 18.3. The van der Waals surface area contributed by atoms with Crippen molar-refractivity contribution in [3.8, 4) is 0 Å². The fraction of sp³-hybridized carbons (Fsp3) is 1.00. The molecule has 0 saturated heterocycles. The van der Waals surface area contributed by atoms with Gasteiger partial charge in [-0.25, -0.2) is 8.42 Å². The number of nitrogens with two attached hydrogens (primary N) is 1. The fourth-order valence-electron chi connectivity index (χ4n) is 1.76. The normalized spacial score (nSPS) is 17.3. The predicted octanol–water partition coefficient (Wildman–Crippen LogP) is 0.424. The molecule has 0 fully saturated rings. The molecule has 0 aromatic rings. The fourth-order valence-corrected chi connectivity index (χ4v) is 2.66. The maximum atomic E-state index is 11.8. The molecular formula is C15H34N2O5S. The quantitative estimate of drug-likeness (QED) is 0.558. The van der Waals surface area contributed by atoms with Crippen molar-refractivity contribution in [1.82, 2.24) is 4.31 Å². The Labute approximate surface area is 141 Å². The molecule has 0 rings (SSSR count). The van der Waals surface area contributed by atoms with Crippen LogP contribution in [-0.2, 0) is 19.5 Å². The lowest BCUT2D eigenvalue weighted by molar-refractivity contribution is -0.0924. The van der Waals surface area contributed by atoms with E-state index in [-0.39, 0.29) is 37.9 Å². The summed E-state index contributed by atoms with van der Waals surface area (Å²) in [5, 5.41) is 8.92. The predicted molar refractivity (Wildman–Crippen MR) is 91.8 cm³/mol. The molecule has 140 valence electrons. The number of hydrogen-bond acceptors (Lipinski definition) is 6. The Bertz CT molecular complexity index is 422. The molecule has 0 aliphatic heterocycles. The van der Waals surface area contributed by atoms with E-state index in [1.54, 1.807) is 6.92 Å². The Morgan fingerprint density at radius 2 is 1.83 bits per heavy atom. The molecule has 0 aromatic carbocycles. The molecule has 8 heteroatoms. The van der Waals surface area contributed by atoms with Crippen LogP contribution in [0.5, 0.6) is 0 Å². The van der Waals surface area contributed by atoms with Gasteiger partial charge < -0.3 is 20.3 Å². The minimum atomic E-state index is -3.29. The van der Waals surface area contributed by atoms with Crippen molar-refractivity contribution in [1.29, 1.82) is 0 Å². The number of aliphatic hydroxyl groups excluding tert-OH is 1. The highest BCUT2D eigenvalue weighted by Crippen LogP contribution is 2.23. The van der Waals surface area contributed by atoms with Gasteiger partial charge in [0.05, 0.1) is 44.3 Å². The first-order valence-electron chi connectivity index (χ1n) is 7.96. The number of hydrogen-bond donors (Lipinski definition) is 2. The topological polar surface area (TPSA) is 102 Å².